The summed E-state index contributed by atoms with van der Waals surface area (Å²) in [7, 11) is 0. The molecule has 142 valence electrons. The molecule has 2 N–H and O–H groups in total. The van der Waals surface area contributed by atoms with Gasteiger partial charge < -0.3 is 10.3 Å². The van der Waals surface area contributed by atoms with Gasteiger partial charge >= 0.3 is 6.18 Å². The molecule has 2 aromatic carbocycles. The van der Waals surface area contributed by atoms with Crippen molar-refractivity contribution in [3.8, 4) is 0 Å². The largest absolute Gasteiger partial charge is 0.418 e. The summed E-state index contributed by atoms with van der Waals surface area (Å²) >= 11 is 0. The Morgan fingerprint density at radius 3 is 2.36 bits per heavy atom. The maximum atomic E-state index is 13.5. The summed E-state index contributed by atoms with van der Waals surface area (Å²) in [6, 6.07) is 16.5. The Bertz CT molecular complexity index is 1100. The van der Waals surface area contributed by atoms with Gasteiger partial charge in [0.1, 0.15) is 0 Å². The van der Waals surface area contributed by atoms with Crippen LogP contribution in [-0.2, 0) is 6.18 Å². The highest BCUT2D eigenvalue weighted by Gasteiger charge is 2.34. The van der Waals surface area contributed by atoms with Crippen molar-refractivity contribution in [2.45, 2.75) is 19.1 Å². The first-order valence-corrected chi connectivity index (χ1v) is 8.85. The van der Waals surface area contributed by atoms with Gasteiger partial charge in [-0.15, -0.1) is 0 Å². The lowest BCUT2D eigenvalue weighted by molar-refractivity contribution is -0.137. The number of para-hydroxylation sites is 2. The summed E-state index contributed by atoms with van der Waals surface area (Å²) in [5, 5.41) is 4.11. The summed E-state index contributed by atoms with van der Waals surface area (Å²) in [6.45, 7) is 1.93. The minimum absolute atomic E-state index is 0.0430. The molecule has 0 aliphatic rings. The monoisotopic (exact) mass is 381 g/mol. The van der Waals surface area contributed by atoms with E-state index in [1.165, 1.54) is 12.1 Å². The second-order valence-electron chi connectivity index (χ2n) is 6.61. The van der Waals surface area contributed by atoms with Crippen molar-refractivity contribution in [3.05, 3.63) is 95.4 Å². The number of rotatable bonds is 4. The van der Waals surface area contributed by atoms with Crippen molar-refractivity contribution in [2.24, 2.45) is 0 Å². The Balaban J connectivity index is 1.89. The van der Waals surface area contributed by atoms with Gasteiger partial charge in [-0.3, -0.25) is 4.98 Å². The number of hydrogen-bond donors (Lipinski definition) is 2. The van der Waals surface area contributed by atoms with Crippen LogP contribution in [0.2, 0.25) is 0 Å². The van der Waals surface area contributed by atoms with Crippen molar-refractivity contribution in [1.82, 2.24) is 9.97 Å². The van der Waals surface area contributed by atoms with Crippen LogP contribution in [0.25, 0.3) is 10.9 Å². The van der Waals surface area contributed by atoms with Gasteiger partial charge in [0.25, 0.3) is 0 Å². The molecule has 6 heteroatoms. The highest BCUT2D eigenvalue weighted by Crippen LogP contribution is 2.39. The Labute approximate surface area is 160 Å². The maximum Gasteiger partial charge on any atom is 0.418 e. The molecule has 0 aliphatic carbocycles. The third-order valence-corrected chi connectivity index (χ3v) is 4.80. The van der Waals surface area contributed by atoms with Crippen molar-refractivity contribution >= 4 is 16.6 Å². The van der Waals surface area contributed by atoms with E-state index in [9.17, 15) is 13.2 Å². The lowest BCUT2D eigenvalue weighted by Gasteiger charge is -2.24. The van der Waals surface area contributed by atoms with E-state index in [1.807, 2.05) is 43.3 Å². The highest BCUT2D eigenvalue weighted by molar-refractivity contribution is 5.86. The molecule has 28 heavy (non-hydrogen) atoms. The zero-order valence-electron chi connectivity index (χ0n) is 15.1. The fourth-order valence-electron chi connectivity index (χ4n) is 3.56. The first-order valence-electron chi connectivity index (χ1n) is 8.85. The number of anilines is 1. The third kappa shape index (κ3) is 3.33. The van der Waals surface area contributed by atoms with Gasteiger partial charge in [0.2, 0.25) is 0 Å². The quantitative estimate of drug-likeness (QED) is 0.449. The molecule has 0 saturated heterocycles. The molecular formula is C22H18F3N3. The zero-order valence-corrected chi connectivity index (χ0v) is 15.1. The number of aromatic nitrogens is 2. The maximum absolute atomic E-state index is 13.5. The van der Waals surface area contributed by atoms with E-state index in [-0.39, 0.29) is 5.69 Å². The molecule has 0 aliphatic heterocycles. The summed E-state index contributed by atoms with van der Waals surface area (Å²) in [5.41, 5.74) is 2.95. The van der Waals surface area contributed by atoms with Crippen LogP contribution in [0.4, 0.5) is 18.9 Å². The predicted octanol–water partition coefficient (Wildman–Crippen LogP) is 6.09. The molecule has 2 aromatic heterocycles. The van der Waals surface area contributed by atoms with Gasteiger partial charge in [0.15, 0.2) is 0 Å². The van der Waals surface area contributed by atoms with Crippen LogP contribution < -0.4 is 5.32 Å². The van der Waals surface area contributed by atoms with E-state index >= 15 is 0 Å². The number of hydrogen-bond acceptors (Lipinski definition) is 2. The average Bonchev–Trinajstić information content (AvgIpc) is 3.02. The van der Waals surface area contributed by atoms with E-state index in [2.05, 4.69) is 15.3 Å². The van der Waals surface area contributed by atoms with Crippen LogP contribution in [-0.4, -0.2) is 9.97 Å². The van der Waals surface area contributed by atoms with Gasteiger partial charge in [-0.05, 0) is 42.8 Å². The van der Waals surface area contributed by atoms with E-state index in [0.717, 1.165) is 33.8 Å². The van der Waals surface area contributed by atoms with E-state index in [0.29, 0.717) is 0 Å². The highest BCUT2D eigenvalue weighted by atomic mass is 19.4. The first kappa shape index (κ1) is 18.1. The minimum Gasteiger partial charge on any atom is -0.374 e. The summed E-state index contributed by atoms with van der Waals surface area (Å²) in [5.74, 6) is 0. The molecule has 0 fully saturated rings. The van der Waals surface area contributed by atoms with E-state index in [4.69, 9.17) is 0 Å². The Hall–Kier alpha value is -3.28. The molecule has 0 spiro atoms. The number of alkyl halides is 3. The summed E-state index contributed by atoms with van der Waals surface area (Å²) < 4.78 is 40.6. The standard InChI is InChI=1S/C22H18F3N3/c1-14-20(16-6-2-4-8-18(16)27-14)21(15-10-12-26-13-11-15)28-19-9-5-3-7-17(19)22(23,24)25/h2-13,21,27-28H,1H3. The van der Waals surface area contributed by atoms with Crippen LogP contribution in [0.15, 0.2) is 73.1 Å². The predicted molar refractivity (Wildman–Crippen MR) is 104 cm³/mol. The van der Waals surface area contributed by atoms with Crippen molar-refractivity contribution < 1.29 is 13.2 Å². The van der Waals surface area contributed by atoms with E-state index < -0.39 is 17.8 Å². The molecule has 0 amide bonds. The smallest absolute Gasteiger partial charge is 0.374 e. The number of fused-ring (bicyclic) bond motifs is 1. The molecule has 3 nitrogen and oxygen atoms in total. The number of halogens is 3. The molecule has 4 rings (SSSR count). The molecule has 0 radical (unpaired) electrons. The van der Waals surface area contributed by atoms with Crippen LogP contribution in [0.1, 0.15) is 28.4 Å². The zero-order chi connectivity index (χ0) is 19.7. The van der Waals surface area contributed by atoms with Gasteiger partial charge in [-0.2, -0.15) is 13.2 Å². The number of benzene rings is 2. The van der Waals surface area contributed by atoms with Crippen LogP contribution in [0, 0.1) is 6.92 Å². The molecule has 2 heterocycles. The van der Waals surface area contributed by atoms with Crippen LogP contribution in [0.5, 0.6) is 0 Å². The fraction of sp³-hybridized carbons (Fsp3) is 0.136. The van der Waals surface area contributed by atoms with Crippen LogP contribution in [0.3, 0.4) is 0 Å². The van der Waals surface area contributed by atoms with Gasteiger partial charge in [-0.25, -0.2) is 0 Å². The Morgan fingerprint density at radius 1 is 0.929 bits per heavy atom. The molecule has 0 bridgehead atoms. The van der Waals surface area contributed by atoms with Gasteiger partial charge in [0, 0.05) is 40.2 Å². The molecule has 1 unspecified atom stereocenters. The van der Waals surface area contributed by atoms with E-state index in [1.54, 1.807) is 18.5 Å². The molecule has 4 aromatic rings. The second-order valence-corrected chi connectivity index (χ2v) is 6.61. The van der Waals surface area contributed by atoms with Gasteiger partial charge in [-0.1, -0.05) is 30.3 Å². The van der Waals surface area contributed by atoms with Crippen molar-refractivity contribution in [3.63, 3.8) is 0 Å². The first-order chi connectivity index (χ1) is 13.4. The number of nitrogens with zero attached hydrogens (tertiary/aromatic N) is 1. The number of aromatic amines is 1. The number of aryl methyl sites for hydroxylation is 1. The van der Waals surface area contributed by atoms with Crippen molar-refractivity contribution in [2.75, 3.05) is 5.32 Å². The van der Waals surface area contributed by atoms with Crippen LogP contribution >= 0.6 is 0 Å². The molecule has 0 saturated carbocycles. The fourth-order valence-corrected chi connectivity index (χ4v) is 3.56. The minimum atomic E-state index is -4.44. The molecular weight excluding hydrogens is 363 g/mol. The Kier molecular flexibility index (Phi) is 4.55. The number of nitrogens with one attached hydrogen (secondary N) is 2. The summed E-state index contributed by atoms with van der Waals surface area (Å²) in [4.78, 5) is 7.37. The Morgan fingerprint density at radius 2 is 1.61 bits per heavy atom. The lowest BCUT2D eigenvalue weighted by atomic mass is 9.96. The summed E-state index contributed by atoms with van der Waals surface area (Å²) in [6.07, 6.45) is -1.16. The normalized spacial score (nSPS) is 12.9. The second kappa shape index (κ2) is 7.03. The van der Waals surface area contributed by atoms with Crippen molar-refractivity contribution in [1.29, 1.82) is 0 Å². The molecule has 1 atom stereocenters. The lowest BCUT2D eigenvalue weighted by Crippen LogP contribution is -2.17. The van der Waals surface area contributed by atoms with Gasteiger partial charge in [0.05, 0.1) is 11.6 Å². The average molecular weight is 381 g/mol. The SMILES string of the molecule is Cc1[nH]c2ccccc2c1C(Nc1ccccc1C(F)(F)F)c1ccncc1. The number of pyridine rings is 1. The third-order valence-electron chi connectivity index (χ3n) is 4.80. The number of H-pyrrole nitrogens is 1. The topological polar surface area (TPSA) is 40.7 Å².